The van der Waals surface area contributed by atoms with E-state index in [1.165, 1.54) is 6.21 Å². The van der Waals surface area contributed by atoms with Gasteiger partial charge in [0.25, 0.3) is 0 Å². The molecule has 0 aliphatic carbocycles. The number of aromatic nitrogens is 1. The van der Waals surface area contributed by atoms with Crippen LogP contribution in [0.15, 0.2) is 28.5 Å². The maximum atomic E-state index is 8.23. The van der Waals surface area contributed by atoms with Crippen molar-refractivity contribution in [2.45, 2.75) is 6.54 Å². The van der Waals surface area contributed by atoms with Crippen LogP contribution in [0, 0.1) is 0 Å². The lowest BCUT2D eigenvalue weighted by molar-refractivity contribution is 0.321. The Labute approximate surface area is 74.2 Å². The highest BCUT2D eigenvalue weighted by molar-refractivity contribution is 5.76. The first-order valence-corrected chi connectivity index (χ1v) is 3.51. The van der Waals surface area contributed by atoms with Crippen LogP contribution in [0.5, 0.6) is 0 Å². The molecule has 1 aromatic heterocycles. The fraction of sp³-hybridized carbons (Fsp3) is 0.143. The number of pyridine rings is 1. The molecule has 0 spiro atoms. The zero-order valence-electron chi connectivity index (χ0n) is 6.70. The van der Waals surface area contributed by atoms with Gasteiger partial charge in [-0.3, -0.25) is 4.98 Å². The van der Waals surface area contributed by atoms with E-state index in [0.29, 0.717) is 11.4 Å². The van der Waals surface area contributed by atoms with Crippen LogP contribution in [0.3, 0.4) is 0 Å². The molecule has 6 nitrogen and oxygen atoms in total. The van der Waals surface area contributed by atoms with Gasteiger partial charge in [0.15, 0.2) is 0 Å². The van der Waals surface area contributed by atoms with E-state index in [0.717, 1.165) is 0 Å². The third kappa shape index (κ3) is 2.80. The van der Waals surface area contributed by atoms with Gasteiger partial charge in [-0.2, -0.15) is 0 Å². The van der Waals surface area contributed by atoms with Crippen LogP contribution >= 0.6 is 0 Å². The molecule has 0 radical (unpaired) electrons. The predicted octanol–water partition coefficient (Wildman–Crippen LogP) is 1.70. The maximum Gasteiger partial charge on any atom is 0.0918 e. The van der Waals surface area contributed by atoms with Gasteiger partial charge in [-0.1, -0.05) is 16.3 Å². The van der Waals surface area contributed by atoms with Crippen molar-refractivity contribution in [3.8, 4) is 0 Å². The van der Waals surface area contributed by atoms with E-state index in [4.69, 9.17) is 10.7 Å². The van der Waals surface area contributed by atoms with Crippen molar-refractivity contribution < 1.29 is 5.21 Å². The van der Waals surface area contributed by atoms with Gasteiger partial charge in [-0.05, 0) is 17.7 Å². The van der Waals surface area contributed by atoms with E-state index in [1.807, 2.05) is 0 Å². The quantitative estimate of drug-likeness (QED) is 0.190. The Morgan fingerprint density at radius 2 is 2.46 bits per heavy atom. The summed E-state index contributed by atoms with van der Waals surface area (Å²) in [6.07, 6.45) is 1.21. The molecule has 1 N–H and O–H groups in total. The number of azide groups is 1. The fourth-order valence-corrected chi connectivity index (χ4v) is 0.821. The summed E-state index contributed by atoms with van der Waals surface area (Å²) >= 11 is 0. The Balaban J connectivity index is 2.84. The molecular weight excluding hydrogens is 170 g/mol. The normalized spacial score (nSPS) is 9.85. The highest BCUT2D eigenvalue weighted by Gasteiger charge is 1.93. The second kappa shape index (κ2) is 4.74. The molecule has 66 valence electrons. The molecule has 0 aromatic carbocycles. The van der Waals surface area contributed by atoms with E-state index < -0.39 is 0 Å². The minimum atomic E-state index is 0.198. The minimum Gasteiger partial charge on any atom is -0.411 e. The Hall–Kier alpha value is -2.07. The summed E-state index contributed by atoms with van der Waals surface area (Å²) in [6, 6.07) is 5.15. The lowest BCUT2D eigenvalue weighted by Gasteiger charge is -1.95. The van der Waals surface area contributed by atoms with Crippen LogP contribution in [-0.4, -0.2) is 16.4 Å². The van der Waals surface area contributed by atoms with E-state index in [2.05, 4.69) is 20.2 Å². The fourth-order valence-electron chi connectivity index (χ4n) is 0.821. The van der Waals surface area contributed by atoms with Crippen LogP contribution < -0.4 is 0 Å². The standard InChI is InChI=1S/C7H7N5O/c8-12-9-4-6-2-1-3-7(11-6)5-10-13/h1-3,5,13H,4H2/b10-5+. The molecule has 0 fully saturated rings. The van der Waals surface area contributed by atoms with Crippen LogP contribution in [-0.2, 0) is 6.54 Å². The summed E-state index contributed by atoms with van der Waals surface area (Å²) in [6.45, 7) is 0.198. The average molecular weight is 177 g/mol. The molecule has 1 rings (SSSR count). The molecule has 1 aromatic rings. The first-order chi connectivity index (χ1) is 6.36. The van der Waals surface area contributed by atoms with Gasteiger partial charge < -0.3 is 5.21 Å². The summed E-state index contributed by atoms with van der Waals surface area (Å²) in [5.74, 6) is 0. The molecule has 0 bridgehead atoms. The molecule has 0 aliphatic rings. The summed E-state index contributed by atoms with van der Waals surface area (Å²) in [5, 5.41) is 14.4. The number of hydrogen-bond acceptors (Lipinski definition) is 4. The molecule has 0 aliphatic heterocycles. The molecule has 0 unspecified atom stereocenters. The first kappa shape index (κ1) is 9.02. The zero-order valence-corrected chi connectivity index (χ0v) is 6.70. The van der Waals surface area contributed by atoms with Crippen molar-refractivity contribution in [1.29, 1.82) is 0 Å². The Bertz CT molecular complexity index is 356. The van der Waals surface area contributed by atoms with Crippen molar-refractivity contribution in [1.82, 2.24) is 4.98 Å². The number of rotatable bonds is 3. The summed E-state index contributed by atoms with van der Waals surface area (Å²) in [7, 11) is 0. The molecule has 0 atom stereocenters. The highest BCUT2D eigenvalue weighted by Crippen LogP contribution is 1.99. The van der Waals surface area contributed by atoms with Gasteiger partial charge in [0, 0.05) is 10.6 Å². The monoisotopic (exact) mass is 177 g/mol. The Morgan fingerprint density at radius 3 is 3.15 bits per heavy atom. The summed E-state index contributed by atoms with van der Waals surface area (Å²) in [5.41, 5.74) is 9.22. The number of nitrogens with zero attached hydrogens (tertiary/aromatic N) is 5. The summed E-state index contributed by atoms with van der Waals surface area (Å²) < 4.78 is 0. The highest BCUT2D eigenvalue weighted by atomic mass is 16.4. The lowest BCUT2D eigenvalue weighted by Crippen LogP contribution is -1.92. The second-order valence-electron chi connectivity index (χ2n) is 2.19. The van der Waals surface area contributed by atoms with Crippen molar-refractivity contribution >= 4 is 6.21 Å². The predicted molar refractivity (Wildman–Crippen MR) is 46.5 cm³/mol. The third-order valence-electron chi connectivity index (χ3n) is 1.31. The third-order valence-corrected chi connectivity index (χ3v) is 1.31. The van der Waals surface area contributed by atoms with Crippen LogP contribution in [0.25, 0.3) is 10.4 Å². The molecule has 13 heavy (non-hydrogen) atoms. The van der Waals surface area contributed by atoms with Crippen LogP contribution in [0.1, 0.15) is 11.4 Å². The van der Waals surface area contributed by atoms with Crippen molar-refractivity contribution in [2.24, 2.45) is 10.3 Å². The lowest BCUT2D eigenvalue weighted by atomic mass is 10.3. The second-order valence-corrected chi connectivity index (χ2v) is 2.19. The van der Waals surface area contributed by atoms with Gasteiger partial charge in [0.05, 0.1) is 18.5 Å². The van der Waals surface area contributed by atoms with Crippen LogP contribution in [0.4, 0.5) is 0 Å². The molecule has 0 saturated carbocycles. The van der Waals surface area contributed by atoms with Crippen LogP contribution in [0.2, 0.25) is 0 Å². The van der Waals surface area contributed by atoms with Crippen molar-refractivity contribution in [3.05, 3.63) is 40.0 Å². The average Bonchev–Trinajstić information content (AvgIpc) is 2.16. The van der Waals surface area contributed by atoms with Gasteiger partial charge in [-0.25, -0.2) is 0 Å². The molecular formula is C7H7N5O. The molecule has 1 heterocycles. The van der Waals surface area contributed by atoms with Crippen molar-refractivity contribution in [2.75, 3.05) is 0 Å². The van der Waals surface area contributed by atoms with Gasteiger partial charge in [0.2, 0.25) is 0 Å². The molecule has 0 saturated heterocycles. The summed E-state index contributed by atoms with van der Waals surface area (Å²) in [4.78, 5) is 6.63. The van der Waals surface area contributed by atoms with E-state index >= 15 is 0 Å². The smallest absolute Gasteiger partial charge is 0.0918 e. The van der Waals surface area contributed by atoms with Crippen molar-refractivity contribution in [3.63, 3.8) is 0 Å². The van der Waals surface area contributed by atoms with Gasteiger partial charge >= 0.3 is 0 Å². The SMILES string of the molecule is [N-]=[N+]=NCc1cccc(/C=N/O)n1. The molecule has 0 amide bonds. The van der Waals surface area contributed by atoms with Gasteiger partial charge in [-0.15, -0.1) is 0 Å². The molecule has 6 heteroatoms. The van der Waals surface area contributed by atoms with E-state index in [-0.39, 0.29) is 6.54 Å². The minimum absolute atomic E-state index is 0.198. The first-order valence-electron chi connectivity index (χ1n) is 3.51. The zero-order chi connectivity index (χ0) is 9.52. The number of oxime groups is 1. The largest absolute Gasteiger partial charge is 0.411 e. The number of hydrogen-bond donors (Lipinski definition) is 1. The maximum absolute atomic E-state index is 8.23. The Kier molecular flexibility index (Phi) is 3.29. The van der Waals surface area contributed by atoms with Gasteiger partial charge in [0.1, 0.15) is 0 Å². The van der Waals surface area contributed by atoms with E-state index in [1.54, 1.807) is 18.2 Å². The topological polar surface area (TPSA) is 94.2 Å². The van der Waals surface area contributed by atoms with E-state index in [9.17, 15) is 0 Å². The Morgan fingerprint density at radius 1 is 1.62 bits per heavy atom.